The van der Waals surface area contributed by atoms with Gasteiger partial charge in [0.1, 0.15) is 0 Å². The van der Waals surface area contributed by atoms with Crippen LogP contribution in [0.2, 0.25) is 0 Å². The molecule has 1 aromatic carbocycles. The number of aromatic amines is 1. The molecule has 0 amide bonds. The van der Waals surface area contributed by atoms with E-state index in [1.807, 2.05) is 26.0 Å². The molecule has 0 aliphatic heterocycles. The van der Waals surface area contributed by atoms with Gasteiger partial charge in [-0.1, -0.05) is 12.6 Å². The van der Waals surface area contributed by atoms with Gasteiger partial charge in [-0.15, -0.1) is 0 Å². The molecular formula is C18H16IN5. The van der Waals surface area contributed by atoms with Gasteiger partial charge < -0.3 is 15.1 Å². The smallest absolute Gasteiger partial charge is 0.231 e. The Morgan fingerprint density at radius 3 is 2.67 bits per heavy atom. The van der Waals surface area contributed by atoms with E-state index in [0.29, 0.717) is 11.8 Å². The summed E-state index contributed by atoms with van der Waals surface area (Å²) < 4.78 is 1.19. The zero-order valence-corrected chi connectivity index (χ0v) is 15.8. The first-order valence-corrected chi connectivity index (χ1v) is 8.50. The Hall–Kier alpha value is -2.40. The molecule has 3 rings (SSSR count). The summed E-state index contributed by atoms with van der Waals surface area (Å²) in [5.74, 6) is 1.10. The third-order valence-electron chi connectivity index (χ3n) is 3.86. The van der Waals surface area contributed by atoms with E-state index in [1.54, 1.807) is 6.20 Å². The highest BCUT2D eigenvalue weighted by Crippen LogP contribution is 2.32. The van der Waals surface area contributed by atoms with Crippen LogP contribution in [0.5, 0.6) is 0 Å². The predicted octanol–water partition coefficient (Wildman–Crippen LogP) is 5.30. The van der Waals surface area contributed by atoms with Crippen LogP contribution < -0.4 is 5.32 Å². The maximum Gasteiger partial charge on any atom is 0.231 e. The van der Waals surface area contributed by atoms with Crippen LogP contribution in [-0.4, -0.2) is 15.0 Å². The van der Waals surface area contributed by atoms with Crippen LogP contribution in [0.15, 0.2) is 30.5 Å². The number of nitrogens with zero attached hydrogens (tertiary/aromatic N) is 3. The average Bonchev–Trinajstić information content (AvgIpc) is 2.85. The summed E-state index contributed by atoms with van der Waals surface area (Å²) in [5, 5.41) is 3.24. The van der Waals surface area contributed by atoms with Crippen molar-refractivity contribution in [1.29, 1.82) is 0 Å². The standard InChI is InChI=1S/C18H16IN5/c1-10-5-6-13(9-14(10)19)23-18-21-8-7-15(24-18)16-11(2)17(20-4)22-12(16)3/h5-9,22H,1-3H3,(H,21,23,24). The first kappa shape index (κ1) is 16.5. The number of hydrogen-bond donors (Lipinski definition) is 2. The molecule has 2 aromatic heterocycles. The number of hydrogen-bond acceptors (Lipinski definition) is 3. The summed E-state index contributed by atoms with van der Waals surface area (Å²) in [4.78, 5) is 15.5. The molecule has 3 aromatic rings. The van der Waals surface area contributed by atoms with Crippen molar-refractivity contribution in [2.45, 2.75) is 20.8 Å². The third-order valence-corrected chi connectivity index (χ3v) is 5.02. The summed E-state index contributed by atoms with van der Waals surface area (Å²) in [7, 11) is 0. The van der Waals surface area contributed by atoms with E-state index in [0.717, 1.165) is 28.2 Å². The molecule has 24 heavy (non-hydrogen) atoms. The molecule has 5 nitrogen and oxygen atoms in total. The van der Waals surface area contributed by atoms with E-state index in [-0.39, 0.29) is 0 Å². The molecule has 0 bridgehead atoms. The van der Waals surface area contributed by atoms with E-state index in [1.165, 1.54) is 9.13 Å². The Morgan fingerprint density at radius 2 is 2.00 bits per heavy atom. The quantitative estimate of drug-likeness (QED) is 0.439. The first-order valence-electron chi connectivity index (χ1n) is 7.43. The second-order valence-corrected chi connectivity index (χ2v) is 6.73. The van der Waals surface area contributed by atoms with Crippen LogP contribution in [0, 0.1) is 30.9 Å². The molecule has 0 radical (unpaired) electrons. The first-order chi connectivity index (χ1) is 11.5. The molecule has 0 aliphatic carbocycles. The number of anilines is 2. The van der Waals surface area contributed by atoms with Gasteiger partial charge >= 0.3 is 0 Å². The fraction of sp³-hybridized carbons (Fsp3) is 0.167. The lowest BCUT2D eigenvalue weighted by Crippen LogP contribution is -1.99. The molecule has 0 unspecified atom stereocenters. The van der Waals surface area contributed by atoms with Crippen LogP contribution in [0.4, 0.5) is 17.5 Å². The minimum atomic E-state index is 0.538. The molecule has 0 aliphatic rings. The maximum atomic E-state index is 7.23. The predicted molar refractivity (Wildman–Crippen MR) is 105 cm³/mol. The van der Waals surface area contributed by atoms with Gasteiger partial charge in [-0.2, -0.15) is 0 Å². The Bertz CT molecular complexity index is 953. The molecule has 2 heterocycles. The fourth-order valence-corrected chi connectivity index (χ4v) is 3.10. The second kappa shape index (κ2) is 6.61. The number of nitrogens with one attached hydrogen (secondary N) is 2. The number of rotatable bonds is 3. The normalized spacial score (nSPS) is 10.5. The van der Waals surface area contributed by atoms with Gasteiger partial charge in [0.15, 0.2) is 0 Å². The van der Waals surface area contributed by atoms with Gasteiger partial charge in [0.05, 0.1) is 11.4 Å². The highest BCUT2D eigenvalue weighted by Gasteiger charge is 2.16. The lowest BCUT2D eigenvalue weighted by molar-refractivity contribution is 1.16. The summed E-state index contributed by atoms with van der Waals surface area (Å²) in [6.45, 7) is 13.2. The Balaban J connectivity index is 1.97. The second-order valence-electron chi connectivity index (χ2n) is 5.56. The van der Waals surface area contributed by atoms with Crippen LogP contribution in [0.1, 0.15) is 16.8 Å². The fourth-order valence-electron chi connectivity index (χ4n) is 2.59. The summed E-state index contributed by atoms with van der Waals surface area (Å²) in [5.41, 5.74) is 5.80. The topological polar surface area (TPSA) is 58.0 Å². The van der Waals surface area contributed by atoms with Crippen molar-refractivity contribution >= 4 is 40.0 Å². The van der Waals surface area contributed by atoms with Gasteiger partial charge in [0.2, 0.25) is 11.8 Å². The molecule has 0 saturated heterocycles. The summed E-state index contributed by atoms with van der Waals surface area (Å²) in [6.07, 6.45) is 1.73. The minimum absolute atomic E-state index is 0.538. The Labute approximate surface area is 154 Å². The monoisotopic (exact) mass is 429 g/mol. The number of H-pyrrole nitrogens is 1. The van der Waals surface area contributed by atoms with Crippen molar-refractivity contribution in [3.8, 4) is 11.3 Å². The number of benzene rings is 1. The highest BCUT2D eigenvalue weighted by molar-refractivity contribution is 14.1. The van der Waals surface area contributed by atoms with E-state index in [2.05, 4.69) is 66.8 Å². The summed E-state index contributed by atoms with van der Waals surface area (Å²) >= 11 is 2.31. The van der Waals surface area contributed by atoms with Crippen molar-refractivity contribution in [1.82, 2.24) is 15.0 Å². The van der Waals surface area contributed by atoms with Crippen molar-refractivity contribution in [3.05, 3.63) is 62.3 Å². The van der Waals surface area contributed by atoms with Crippen molar-refractivity contribution in [2.24, 2.45) is 0 Å². The molecule has 2 N–H and O–H groups in total. The minimum Gasteiger partial charge on any atom is -0.364 e. The van der Waals surface area contributed by atoms with Gasteiger partial charge in [0.25, 0.3) is 0 Å². The van der Waals surface area contributed by atoms with E-state index in [9.17, 15) is 0 Å². The molecule has 0 atom stereocenters. The van der Waals surface area contributed by atoms with Crippen molar-refractivity contribution < 1.29 is 0 Å². The van der Waals surface area contributed by atoms with Gasteiger partial charge in [-0.3, -0.25) is 0 Å². The molecule has 0 spiro atoms. The van der Waals surface area contributed by atoms with E-state index < -0.39 is 0 Å². The number of halogens is 1. The van der Waals surface area contributed by atoms with Gasteiger partial charge in [0, 0.05) is 21.0 Å². The summed E-state index contributed by atoms with van der Waals surface area (Å²) in [6, 6.07) is 8.00. The van der Waals surface area contributed by atoms with Gasteiger partial charge in [-0.05, 0) is 72.7 Å². The van der Waals surface area contributed by atoms with Crippen LogP contribution >= 0.6 is 22.6 Å². The molecule has 0 fully saturated rings. The zero-order chi connectivity index (χ0) is 17.3. The Morgan fingerprint density at radius 1 is 1.21 bits per heavy atom. The SMILES string of the molecule is [C-]#[N+]c1[nH]c(C)c(-c2ccnc(Nc3ccc(C)c(I)c3)n2)c1C. The van der Waals surface area contributed by atoms with Crippen molar-refractivity contribution in [3.63, 3.8) is 0 Å². The molecule has 6 heteroatoms. The third kappa shape index (κ3) is 3.12. The molecule has 120 valence electrons. The van der Waals surface area contributed by atoms with Crippen LogP contribution in [0.3, 0.4) is 0 Å². The lowest BCUT2D eigenvalue weighted by atomic mass is 10.1. The molecule has 0 saturated carbocycles. The molecular weight excluding hydrogens is 413 g/mol. The van der Waals surface area contributed by atoms with E-state index in [4.69, 9.17) is 6.57 Å². The Kier molecular flexibility index (Phi) is 4.53. The highest BCUT2D eigenvalue weighted by atomic mass is 127. The maximum absolute atomic E-state index is 7.23. The van der Waals surface area contributed by atoms with Crippen LogP contribution in [-0.2, 0) is 0 Å². The van der Waals surface area contributed by atoms with Crippen LogP contribution in [0.25, 0.3) is 16.1 Å². The average molecular weight is 429 g/mol. The van der Waals surface area contributed by atoms with Crippen molar-refractivity contribution in [2.75, 3.05) is 5.32 Å². The number of aromatic nitrogens is 3. The lowest BCUT2D eigenvalue weighted by Gasteiger charge is -2.08. The van der Waals surface area contributed by atoms with Gasteiger partial charge in [-0.25, -0.2) is 9.97 Å². The largest absolute Gasteiger partial charge is 0.364 e. The zero-order valence-electron chi connectivity index (χ0n) is 13.6. The number of aryl methyl sites for hydroxylation is 2. The van der Waals surface area contributed by atoms with E-state index >= 15 is 0 Å².